The van der Waals surface area contributed by atoms with Gasteiger partial charge in [0.2, 0.25) is 0 Å². The van der Waals surface area contributed by atoms with E-state index in [9.17, 15) is 9.59 Å². The van der Waals surface area contributed by atoms with Crippen molar-refractivity contribution < 1.29 is 19.1 Å². The molecule has 0 aliphatic heterocycles. The molecule has 0 aromatic heterocycles. The molecule has 2 unspecified atom stereocenters. The van der Waals surface area contributed by atoms with Crippen LogP contribution in [-0.4, -0.2) is 25.2 Å². The van der Waals surface area contributed by atoms with Crippen molar-refractivity contribution in [2.45, 2.75) is 59.8 Å². The van der Waals surface area contributed by atoms with Crippen molar-refractivity contribution in [2.75, 3.05) is 13.2 Å². The fourth-order valence-corrected chi connectivity index (χ4v) is 2.99. The molecule has 0 aromatic rings. The molecule has 1 saturated carbocycles. The highest BCUT2D eigenvalue weighted by molar-refractivity contribution is 6.14. The molecule has 0 heterocycles. The van der Waals surface area contributed by atoms with Crippen molar-refractivity contribution in [3.05, 3.63) is 11.6 Å². The second-order valence-corrected chi connectivity index (χ2v) is 6.32. The molecule has 1 aliphatic rings. The van der Waals surface area contributed by atoms with E-state index in [2.05, 4.69) is 13.8 Å². The summed E-state index contributed by atoms with van der Waals surface area (Å²) in [5.74, 6) is 0.0707. The van der Waals surface area contributed by atoms with Gasteiger partial charge in [-0.15, -0.1) is 0 Å². The molecule has 22 heavy (non-hydrogen) atoms. The summed E-state index contributed by atoms with van der Waals surface area (Å²) in [6.45, 7) is 8.88. The second-order valence-electron chi connectivity index (χ2n) is 6.32. The van der Waals surface area contributed by atoms with E-state index in [1.807, 2.05) is 19.9 Å². The monoisotopic (exact) mass is 310 g/mol. The SMILES string of the molecule is CCCOC(=O)C(=CC1C(C)CCCC1C)C(=O)OCCC. The molecule has 0 spiro atoms. The Bertz CT molecular complexity index is 368. The average molecular weight is 310 g/mol. The number of hydrogen-bond acceptors (Lipinski definition) is 4. The standard InChI is InChI=1S/C18H30O4/c1-5-10-21-17(19)16(18(20)22-11-6-2)12-15-13(3)8-7-9-14(15)4/h12-15H,5-11H2,1-4H3. The van der Waals surface area contributed by atoms with E-state index < -0.39 is 11.9 Å². The summed E-state index contributed by atoms with van der Waals surface area (Å²) in [4.78, 5) is 24.4. The molecule has 0 saturated heterocycles. The molecular formula is C18H30O4. The van der Waals surface area contributed by atoms with Crippen LogP contribution < -0.4 is 0 Å². The van der Waals surface area contributed by atoms with Crippen LogP contribution in [0.1, 0.15) is 59.8 Å². The van der Waals surface area contributed by atoms with Gasteiger partial charge in [0.05, 0.1) is 13.2 Å². The van der Waals surface area contributed by atoms with Crippen molar-refractivity contribution >= 4 is 11.9 Å². The molecule has 0 N–H and O–H groups in total. The quantitative estimate of drug-likeness (QED) is 0.310. The maximum Gasteiger partial charge on any atom is 0.345 e. The second kappa shape index (κ2) is 9.65. The van der Waals surface area contributed by atoms with Crippen LogP contribution in [0.25, 0.3) is 0 Å². The highest BCUT2D eigenvalue weighted by Gasteiger charge is 2.30. The lowest BCUT2D eigenvalue weighted by atomic mass is 9.73. The Morgan fingerprint density at radius 1 is 0.955 bits per heavy atom. The highest BCUT2D eigenvalue weighted by atomic mass is 16.6. The summed E-state index contributed by atoms with van der Waals surface area (Å²) in [6, 6.07) is 0. The molecule has 0 bridgehead atoms. The lowest BCUT2D eigenvalue weighted by Crippen LogP contribution is -2.26. The van der Waals surface area contributed by atoms with Gasteiger partial charge < -0.3 is 9.47 Å². The lowest BCUT2D eigenvalue weighted by molar-refractivity contribution is -0.147. The van der Waals surface area contributed by atoms with Gasteiger partial charge in [0.1, 0.15) is 5.57 Å². The molecule has 1 rings (SSSR count). The maximum atomic E-state index is 12.2. The van der Waals surface area contributed by atoms with Gasteiger partial charge in [-0.3, -0.25) is 0 Å². The smallest absolute Gasteiger partial charge is 0.345 e. The first-order valence-corrected chi connectivity index (χ1v) is 8.57. The van der Waals surface area contributed by atoms with Crippen LogP contribution in [0, 0.1) is 17.8 Å². The van der Waals surface area contributed by atoms with Crippen LogP contribution in [0.5, 0.6) is 0 Å². The van der Waals surface area contributed by atoms with Crippen LogP contribution in [0.4, 0.5) is 0 Å². The number of carbonyl (C=O) groups is 2. The Balaban J connectivity index is 2.93. The van der Waals surface area contributed by atoms with Gasteiger partial charge in [-0.05, 0) is 30.6 Å². The number of esters is 2. The minimum atomic E-state index is -0.548. The third-order valence-corrected chi connectivity index (χ3v) is 4.31. The normalized spacial score (nSPS) is 24.5. The molecule has 1 fully saturated rings. The first kappa shape index (κ1) is 18.7. The Kier molecular flexibility index (Phi) is 8.21. The summed E-state index contributed by atoms with van der Waals surface area (Å²) in [6.07, 6.45) is 6.76. The van der Waals surface area contributed by atoms with Crippen molar-refractivity contribution in [1.82, 2.24) is 0 Å². The zero-order valence-corrected chi connectivity index (χ0v) is 14.4. The van der Waals surface area contributed by atoms with E-state index in [0.29, 0.717) is 25.0 Å². The van der Waals surface area contributed by atoms with Crippen molar-refractivity contribution in [3.63, 3.8) is 0 Å². The summed E-state index contributed by atoms with van der Waals surface area (Å²) in [5, 5.41) is 0. The fourth-order valence-electron chi connectivity index (χ4n) is 2.99. The van der Waals surface area contributed by atoms with Gasteiger partial charge in [0.15, 0.2) is 0 Å². The molecule has 0 radical (unpaired) electrons. The minimum Gasteiger partial charge on any atom is -0.462 e. The van der Waals surface area contributed by atoms with E-state index >= 15 is 0 Å². The minimum absolute atomic E-state index is 0.0764. The van der Waals surface area contributed by atoms with Gasteiger partial charge in [-0.25, -0.2) is 9.59 Å². The molecule has 0 aromatic carbocycles. The number of hydrogen-bond donors (Lipinski definition) is 0. The van der Waals surface area contributed by atoms with Crippen molar-refractivity contribution in [2.24, 2.45) is 17.8 Å². The fraction of sp³-hybridized carbons (Fsp3) is 0.778. The van der Waals surface area contributed by atoms with Gasteiger partial charge in [-0.1, -0.05) is 53.0 Å². The van der Waals surface area contributed by atoms with Crippen molar-refractivity contribution in [3.8, 4) is 0 Å². The third-order valence-electron chi connectivity index (χ3n) is 4.31. The molecule has 4 nitrogen and oxygen atoms in total. The Morgan fingerprint density at radius 3 is 1.82 bits per heavy atom. The number of allylic oxidation sites excluding steroid dienone is 1. The van der Waals surface area contributed by atoms with Crippen LogP contribution in [-0.2, 0) is 19.1 Å². The molecule has 2 atom stereocenters. The molecule has 126 valence electrons. The third kappa shape index (κ3) is 5.47. The highest BCUT2D eigenvalue weighted by Crippen LogP contribution is 2.36. The van der Waals surface area contributed by atoms with E-state index in [1.165, 1.54) is 6.42 Å². The number of ether oxygens (including phenoxy) is 2. The predicted molar refractivity (Wildman–Crippen MR) is 86.3 cm³/mol. The first-order valence-electron chi connectivity index (χ1n) is 8.57. The summed E-state index contributed by atoms with van der Waals surface area (Å²) in [7, 11) is 0. The van der Waals surface area contributed by atoms with Crippen molar-refractivity contribution in [1.29, 1.82) is 0 Å². The van der Waals surface area contributed by atoms with Gasteiger partial charge in [0, 0.05) is 0 Å². The molecular weight excluding hydrogens is 280 g/mol. The summed E-state index contributed by atoms with van der Waals surface area (Å²) < 4.78 is 10.3. The number of rotatable bonds is 7. The van der Waals surface area contributed by atoms with E-state index in [4.69, 9.17) is 9.47 Å². The zero-order valence-electron chi connectivity index (χ0n) is 14.4. The van der Waals surface area contributed by atoms with Gasteiger partial charge in [-0.2, -0.15) is 0 Å². The first-order chi connectivity index (χ1) is 10.5. The lowest BCUT2D eigenvalue weighted by Gasteiger charge is -2.32. The molecule has 1 aliphatic carbocycles. The molecule has 4 heteroatoms. The Labute approximate surface area is 134 Å². The van der Waals surface area contributed by atoms with E-state index in [-0.39, 0.29) is 11.5 Å². The largest absolute Gasteiger partial charge is 0.462 e. The average Bonchev–Trinajstić information content (AvgIpc) is 2.50. The Morgan fingerprint density at radius 2 is 1.41 bits per heavy atom. The zero-order chi connectivity index (χ0) is 16.5. The Hall–Kier alpha value is -1.32. The van der Waals surface area contributed by atoms with Gasteiger partial charge in [0.25, 0.3) is 0 Å². The van der Waals surface area contributed by atoms with Gasteiger partial charge >= 0.3 is 11.9 Å². The maximum absolute atomic E-state index is 12.2. The molecule has 0 amide bonds. The summed E-state index contributed by atoms with van der Waals surface area (Å²) in [5.41, 5.74) is 0.0764. The van der Waals surface area contributed by atoms with E-state index in [0.717, 1.165) is 25.7 Å². The predicted octanol–water partition coefficient (Wildman–Crippen LogP) is 3.89. The van der Waals surface area contributed by atoms with Crippen LogP contribution in [0.15, 0.2) is 11.6 Å². The summed E-state index contributed by atoms with van der Waals surface area (Å²) >= 11 is 0. The van der Waals surface area contributed by atoms with Crippen LogP contribution in [0.3, 0.4) is 0 Å². The number of carbonyl (C=O) groups excluding carboxylic acids is 2. The topological polar surface area (TPSA) is 52.6 Å². The van der Waals surface area contributed by atoms with E-state index in [1.54, 1.807) is 0 Å². The van der Waals surface area contributed by atoms with Crippen LogP contribution in [0.2, 0.25) is 0 Å². The van der Waals surface area contributed by atoms with Crippen LogP contribution >= 0.6 is 0 Å².